The lowest BCUT2D eigenvalue weighted by molar-refractivity contribution is -0.120. The normalized spacial score (nSPS) is 15.8. The van der Waals surface area contributed by atoms with E-state index in [4.69, 9.17) is 16.1 Å². The number of rotatable bonds is 3. The summed E-state index contributed by atoms with van der Waals surface area (Å²) in [6.07, 6.45) is 4.93. The number of halogens is 1. The first-order chi connectivity index (χ1) is 10.6. The van der Waals surface area contributed by atoms with Crippen LogP contribution in [0.1, 0.15) is 18.6 Å². The molecular formula is C15H17ClN4O2. The van der Waals surface area contributed by atoms with Gasteiger partial charge in [-0.1, -0.05) is 16.8 Å². The molecule has 0 unspecified atom stereocenters. The Morgan fingerprint density at radius 2 is 2.23 bits per heavy atom. The van der Waals surface area contributed by atoms with Crippen molar-refractivity contribution >= 4 is 29.0 Å². The van der Waals surface area contributed by atoms with Gasteiger partial charge in [-0.2, -0.15) is 0 Å². The van der Waals surface area contributed by atoms with Crippen LogP contribution in [0.3, 0.4) is 0 Å². The van der Waals surface area contributed by atoms with Crippen LogP contribution in [-0.2, 0) is 4.79 Å². The zero-order chi connectivity index (χ0) is 15.5. The number of amides is 1. The minimum Gasteiger partial charge on any atom is -0.370 e. The van der Waals surface area contributed by atoms with Gasteiger partial charge < -0.3 is 14.7 Å². The quantitative estimate of drug-likeness (QED) is 0.941. The monoisotopic (exact) mass is 320 g/mol. The summed E-state index contributed by atoms with van der Waals surface area (Å²) in [7, 11) is 0. The van der Waals surface area contributed by atoms with Crippen molar-refractivity contribution in [2.24, 2.45) is 5.92 Å². The van der Waals surface area contributed by atoms with Gasteiger partial charge in [0.25, 0.3) is 0 Å². The predicted octanol–water partition coefficient (Wildman–Crippen LogP) is 2.89. The highest BCUT2D eigenvalue weighted by Gasteiger charge is 2.26. The third kappa shape index (κ3) is 3.22. The number of piperidine rings is 1. The molecule has 7 heteroatoms. The molecule has 1 amide bonds. The van der Waals surface area contributed by atoms with Gasteiger partial charge >= 0.3 is 0 Å². The van der Waals surface area contributed by atoms with E-state index in [0.29, 0.717) is 16.6 Å². The summed E-state index contributed by atoms with van der Waals surface area (Å²) in [5.74, 6) is 1.13. The number of hydrogen-bond donors (Lipinski definition) is 1. The summed E-state index contributed by atoms with van der Waals surface area (Å²) in [6, 6.07) is 3.62. The molecule has 2 aromatic heterocycles. The number of pyridine rings is 1. The number of carbonyl (C=O) groups excluding carboxylic acids is 1. The number of aryl methyl sites for hydroxylation is 1. The molecule has 0 atom stereocenters. The molecule has 22 heavy (non-hydrogen) atoms. The lowest BCUT2D eigenvalue weighted by Gasteiger charge is -2.33. The minimum atomic E-state index is -0.0196. The van der Waals surface area contributed by atoms with E-state index in [1.807, 2.05) is 6.07 Å². The molecule has 0 aliphatic carbocycles. The first-order valence-corrected chi connectivity index (χ1v) is 7.60. The topological polar surface area (TPSA) is 71.3 Å². The average molecular weight is 321 g/mol. The van der Waals surface area contributed by atoms with E-state index >= 15 is 0 Å². The molecule has 3 heterocycles. The second kappa shape index (κ2) is 6.36. The van der Waals surface area contributed by atoms with Crippen LogP contribution in [0.2, 0.25) is 5.02 Å². The van der Waals surface area contributed by atoms with E-state index in [0.717, 1.165) is 31.6 Å². The van der Waals surface area contributed by atoms with Gasteiger partial charge in [0.05, 0.1) is 10.7 Å². The summed E-state index contributed by atoms with van der Waals surface area (Å²) in [4.78, 5) is 18.4. The molecule has 1 saturated heterocycles. The Balaban J connectivity index is 1.57. The SMILES string of the molecule is Cc1cc(NC(=O)C2CCN(c3ccncc3Cl)CC2)no1. The maximum atomic E-state index is 12.2. The molecule has 1 N–H and O–H groups in total. The minimum absolute atomic E-state index is 0.00576. The largest absolute Gasteiger partial charge is 0.370 e. The molecular weight excluding hydrogens is 304 g/mol. The van der Waals surface area contributed by atoms with Crippen molar-refractivity contribution in [3.63, 3.8) is 0 Å². The van der Waals surface area contributed by atoms with Gasteiger partial charge in [-0.25, -0.2) is 0 Å². The van der Waals surface area contributed by atoms with Crippen LogP contribution in [0, 0.1) is 12.8 Å². The Morgan fingerprint density at radius 3 is 2.86 bits per heavy atom. The second-order valence-corrected chi connectivity index (χ2v) is 5.81. The van der Waals surface area contributed by atoms with Crippen molar-refractivity contribution in [1.29, 1.82) is 0 Å². The van der Waals surface area contributed by atoms with Crippen molar-refractivity contribution in [3.8, 4) is 0 Å². The lowest BCUT2D eigenvalue weighted by Crippen LogP contribution is -2.38. The number of anilines is 2. The molecule has 0 saturated carbocycles. The Labute approximate surface area is 133 Å². The summed E-state index contributed by atoms with van der Waals surface area (Å²) < 4.78 is 4.95. The molecule has 2 aromatic rings. The van der Waals surface area contributed by atoms with Crippen LogP contribution in [-0.4, -0.2) is 29.1 Å². The summed E-state index contributed by atoms with van der Waals surface area (Å²) in [5, 5.41) is 7.23. The fourth-order valence-corrected chi connectivity index (χ4v) is 2.90. The fraction of sp³-hybridized carbons (Fsp3) is 0.400. The number of nitrogens with one attached hydrogen (secondary N) is 1. The molecule has 0 spiro atoms. The van der Waals surface area contributed by atoms with Crippen molar-refractivity contribution < 1.29 is 9.32 Å². The highest BCUT2D eigenvalue weighted by atomic mass is 35.5. The number of aromatic nitrogens is 2. The van der Waals surface area contributed by atoms with E-state index in [1.165, 1.54) is 0 Å². The van der Waals surface area contributed by atoms with Crippen LogP contribution < -0.4 is 10.2 Å². The van der Waals surface area contributed by atoms with Crippen LogP contribution >= 0.6 is 11.6 Å². The van der Waals surface area contributed by atoms with E-state index in [9.17, 15) is 4.79 Å². The maximum Gasteiger partial charge on any atom is 0.228 e. The van der Waals surface area contributed by atoms with Gasteiger partial charge in [-0.3, -0.25) is 9.78 Å². The van der Waals surface area contributed by atoms with E-state index < -0.39 is 0 Å². The van der Waals surface area contributed by atoms with Gasteiger partial charge in [0.2, 0.25) is 5.91 Å². The van der Waals surface area contributed by atoms with Gasteiger partial charge in [0.1, 0.15) is 5.76 Å². The maximum absolute atomic E-state index is 12.2. The molecule has 3 rings (SSSR count). The van der Waals surface area contributed by atoms with Crippen molar-refractivity contribution in [1.82, 2.24) is 10.1 Å². The molecule has 0 aromatic carbocycles. The predicted molar refractivity (Wildman–Crippen MR) is 84.1 cm³/mol. The molecule has 1 aliphatic heterocycles. The van der Waals surface area contributed by atoms with E-state index in [1.54, 1.807) is 25.4 Å². The Hall–Kier alpha value is -2.08. The second-order valence-electron chi connectivity index (χ2n) is 5.40. The highest BCUT2D eigenvalue weighted by Crippen LogP contribution is 2.29. The molecule has 6 nitrogen and oxygen atoms in total. The summed E-state index contributed by atoms with van der Waals surface area (Å²) >= 11 is 6.16. The molecule has 1 aliphatic rings. The Morgan fingerprint density at radius 1 is 1.45 bits per heavy atom. The lowest BCUT2D eigenvalue weighted by atomic mass is 9.95. The smallest absolute Gasteiger partial charge is 0.228 e. The van der Waals surface area contributed by atoms with Gasteiger partial charge in [0.15, 0.2) is 5.82 Å². The standard InChI is InChI=1S/C15H17ClN4O2/c1-10-8-14(19-22-10)18-15(21)11-3-6-20(7-4-11)13-2-5-17-9-12(13)16/h2,5,8-9,11H,3-4,6-7H2,1H3,(H,18,19,21). The fourth-order valence-electron chi connectivity index (χ4n) is 2.66. The van der Waals surface area contributed by atoms with Crippen molar-refractivity contribution in [2.45, 2.75) is 19.8 Å². The zero-order valence-electron chi connectivity index (χ0n) is 12.3. The average Bonchev–Trinajstić information content (AvgIpc) is 2.93. The van der Waals surface area contributed by atoms with Gasteiger partial charge in [0, 0.05) is 37.5 Å². The third-order valence-electron chi connectivity index (χ3n) is 3.84. The zero-order valence-corrected chi connectivity index (χ0v) is 13.0. The van der Waals surface area contributed by atoms with E-state index in [-0.39, 0.29) is 11.8 Å². The number of carbonyl (C=O) groups is 1. The van der Waals surface area contributed by atoms with Crippen LogP contribution in [0.25, 0.3) is 0 Å². The molecule has 0 bridgehead atoms. The third-order valence-corrected chi connectivity index (χ3v) is 4.13. The van der Waals surface area contributed by atoms with Crippen LogP contribution in [0.5, 0.6) is 0 Å². The molecule has 1 fully saturated rings. The van der Waals surface area contributed by atoms with Gasteiger partial charge in [-0.05, 0) is 25.8 Å². The van der Waals surface area contributed by atoms with E-state index in [2.05, 4.69) is 20.4 Å². The van der Waals surface area contributed by atoms with Gasteiger partial charge in [-0.15, -0.1) is 0 Å². The number of nitrogens with zero attached hydrogens (tertiary/aromatic N) is 3. The first-order valence-electron chi connectivity index (χ1n) is 7.22. The molecule has 0 radical (unpaired) electrons. The van der Waals surface area contributed by atoms with Crippen LogP contribution in [0.15, 0.2) is 29.0 Å². The first kappa shape index (κ1) is 14.8. The Kier molecular flexibility index (Phi) is 4.29. The molecule has 116 valence electrons. The summed E-state index contributed by atoms with van der Waals surface area (Å²) in [5.41, 5.74) is 0.975. The van der Waals surface area contributed by atoms with Crippen molar-refractivity contribution in [3.05, 3.63) is 35.3 Å². The van der Waals surface area contributed by atoms with Crippen LogP contribution in [0.4, 0.5) is 11.5 Å². The summed E-state index contributed by atoms with van der Waals surface area (Å²) in [6.45, 7) is 3.37. The number of hydrogen-bond acceptors (Lipinski definition) is 5. The highest BCUT2D eigenvalue weighted by molar-refractivity contribution is 6.33. The van der Waals surface area contributed by atoms with Crippen molar-refractivity contribution in [2.75, 3.05) is 23.3 Å². The Bertz CT molecular complexity index is 665.